The van der Waals surface area contributed by atoms with Crippen molar-refractivity contribution in [1.82, 2.24) is 5.32 Å². The molecule has 2 aromatic carbocycles. The summed E-state index contributed by atoms with van der Waals surface area (Å²) < 4.78 is 28.1. The van der Waals surface area contributed by atoms with Gasteiger partial charge in [0, 0.05) is 18.7 Å². The van der Waals surface area contributed by atoms with Crippen molar-refractivity contribution >= 4 is 11.8 Å². The first-order chi connectivity index (χ1) is 17.7. The number of anilines is 1. The van der Waals surface area contributed by atoms with Gasteiger partial charge in [-0.05, 0) is 68.5 Å². The van der Waals surface area contributed by atoms with Gasteiger partial charge in [-0.25, -0.2) is 4.79 Å². The van der Waals surface area contributed by atoms with Crippen LogP contribution in [-0.4, -0.2) is 59.3 Å². The molecule has 0 saturated carbocycles. The van der Waals surface area contributed by atoms with Crippen LogP contribution in [0.2, 0.25) is 0 Å². The zero-order chi connectivity index (χ0) is 26.7. The maximum absolute atomic E-state index is 13.6. The van der Waals surface area contributed by atoms with Gasteiger partial charge in [0.05, 0.1) is 46.3 Å². The van der Waals surface area contributed by atoms with Crippen LogP contribution in [0.4, 0.5) is 10.5 Å². The van der Waals surface area contributed by atoms with Gasteiger partial charge >= 0.3 is 6.09 Å². The minimum atomic E-state index is -0.654. The molecular weight excluding hydrogens is 476 g/mol. The van der Waals surface area contributed by atoms with Crippen LogP contribution in [-0.2, 0) is 15.9 Å². The van der Waals surface area contributed by atoms with E-state index in [1.807, 2.05) is 43.9 Å². The van der Waals surface area contributed by atoms with Gasteiger partial charge < -0.3 is 33.9 Å². The van der Waals surface area contributed by atoms with E-state index in [0.717, 1.165) is 16.7 Å². The number of hydrogen-bond acceptors (Lipinski definition) is 8. The van der Waals surface area contributed by atoms with Crippen molar-refractivity contribution in [2.24, 2.45) is 0 Å². The monoisotopic (exact) mass is 512 g/mol. The second-order valence-electron chi connectivity index (χ2n) is 10.1. The quantitative estimate of drug-likeness (QED) is 0.640. The second-order valence-corrected chi connectivity index (χ2v) is 10.1. The number of carbonyl (C=O) groups is 1. The average molecular weight is 513 g/mol. The molecule has 1 atom stereocenters. The Labute approximate surface area is 217 Å². The highest BCUT2D eigenvalue weighted by molar-refractivity contribution is 5.83. The number of methoxy groups -OCH3 is 3. The van der Waals surface area contributed by atoms with Gasteiger partial charge in [0.15, 0.2) is 11.5 Å². The number of nitrogens with zero attached hydrogens (tertiary/aromatic N) is 1. The SMILES string of the molecule is COc1cc2c(c(OC)c1OC)-c1ccc(N3CCOCC3)c(=O)cc1[C@@H](NC(=O)OC(C)(C)C)CC2. The molecule has 0 radical (unpaired) electrons. The first-order valence-corrected chi connectivity index (χ1v) is 12.5. The molecule has 0 spiro atoms. The Morgan fingerprint density at radius 3 is 2.35 bits per heavy atom. The van der Waals surface area contributed by atoms with E-state index < -0.39 is 17.7 Å². The van der Waals surface area contributed by atoms with Crippen molar-refractivity contribution in [2.75, 3.05) is 52.5 Å². The van der Waals surface area contributed by atoms with Crippen LogP contribution in [0.5, 0.6) is 17.2 Å². The Morgan fingerprint density at radius 2 is 1.73 bits per heavy atom. The molecule has 1 saturated heterocycles. The Kier molecular flexibility index (Phi) is 7.82. The minimum absolute atomic E-state index is 0.123. The molecule has 1 heterocycles. The number of ether oxygens (including phenoxy) is 5. The van der Waals surface area contributed by atoms with Crippen molar-refractivity contribution in [3.63, 3.8) is 0 Å². The third-order valence-corrected chi connectivity index (χ3v) is 6.56. The third kappa shape index (κ3) is 5.61. The fourth-order valence-electron chi connectivity index (χ4n) is 4.97. The van der Waals surface area contributed by atoms with Crippen LogP contribution in [0.1, 0.15) is 44.4 Å². The van der Waals surface area contributed by atoms with Gasteiger partial charge in [-0.15, -0.1) is 0 Å². The van der Waals surface area contributed by atoms with E-state index in [9.17, 15) is 9.59 Å². The van der Waals surface area contributed by atoms with Crippen LogP contribution in [0.15, 0.2) is 29.1 Å². The van der Waals surface area contributed by atoms with Crippen molar-refractivity contribution in [2.45, 2.75) is 45.3 Å². The summed E-state index contributed by atoms with van der Waals surface area (Å²) in [6.45, 7) is 7.84. The number of morpholine rings is 1. The Morgan fingerprint density at radius 1 is 1.03 bits per heavy atom. The Balaban J connectivity index is 1.93. The molecule has 1 N–H and O–H groups in total. The maximum atomic E-state index is 13.6. The molecule has 200 valence electrons. The second kappa shape index (κ2) is 10.9. The molecule has 4 rings (SSSR count). The number of alkyl carbamates (subject to hydrolysis) is 1. The van der Waals surface area contributed by atoms with E-state index in [1.54, 1.807) is 27.4 Å². The van der Waals surface area contributed by atoms with Crippen LogP contribution in [0.25, 0.3) is 11.1 Å². The lowest BCUT2D eigenvalue weighted by atomic mass is 9.95. The lowest BCUT2D eigenvalue weighted by Gasteiger charge is -2.27. The van der Waals surface area contributed by atoms with E-state index in [0.29, 0.717) is 67.6 Å². The number of nitrogens with one attached hydrogen (secondary N) is 1. The zero-order valence-electron chi connectivity index (χ0n) is 22.4. The summed E-state index contributed by atoms with van der Waals surface area (Å²) >= 11 is 0. The summed E-state index contributed by atoms with van der Waals surface area (Å²) in [6, 6.07) is 6.89. The van der Waals surface area contributed by atoms with Gasteiger partial charge in [0.2, 0.25) is 11.2 Å². The van der Waals surface area contributed by atoms with Gasteiger partial charge in [-0.2, -0.15) is 0 Å². The predicted molar refractivity (Wildman–Crippen MR) is 141 cm³/mol. The molecule has 9 heteroatoms. The molecule has 1 fully saturated rings. The molecule has 1 aliphatic heterocycles. The smallest absolute Gasteiger partial charge is 0.408 e. The number of amides is 1. The summed E-state index contributed by atoms with van der Waals surface area (Å²) in [5.74, 6) is 1.54. The molecule has 1 amide bonds. The van der Waals surface area contributed by atoms with Crippen LogP contribution in [0, 0.1) is 0 Å². The number of hydrogen-bond donors (Lipinski definition) is 1. The topological polar surface area (TPSA) is 95.6 Å². The summed E-state index contributed by atoms with van der Waals surface area (Å²) in [7, 11) is 4.73. The van der Waals surface area contributed by atoms with Crippen LogP contribution >= 0.6 is 0 Å². The highest BCUT2D eigenvalue weighted by Gasteiger charge is 2.31. The van der Waals surface area contributed by atoms with Gasteiger partial charge in [0.1, 0.15) is 5.60 Å². The fraction of sp³-hybridized carbons (Fsp3) is 0.500. The van der Waals surface area contributed by atoms with E-state index >= 15 is 0 Å². The molecule has 1 aliphatic carbocycles. The molecule has 0 unspecified atom stereocenters. The Hall–Kier alpha value is -3.46. The van der Waals surface area contributed by atoms with E-state index in [1.165, 1.54) is 0 Å². The average Bonchev–Trinajstić information content (AvgIpc) is 3.11. The summed E-state index contributed by atoms with van der Waals surface area (Å²) in [5.41, 5.74) is 3.07. The first-order valence-electron chi connectivity index (χ1n) is 12.5. The largest absolute Gasteiger partial charge is 0.493 e. The van der Waals surface area contributed by atoms with Gasteiger partial charge in [-0.1, -0.05) is 6.07 Å². The van der Waals surface area contributed by atoms with Gasteiger partial charge in [-0.3, -0.25) is 4.79 Å². The van der Waals surface area contributed by atoms with Crippen molar-refractivity contribution in [3.05, 3.63) is 45.6 Å². The number of carbonyl (C=O) groups excluding carboxylic acids is 1. The predicted octanol–water partition coefficient (Wildman–Crippen LogP) is 4.09. The summed E-state index contributed by atoms with van der Waals surface area (Å²) in [4.78, 5) is 28.4. The van der Waals surface area contributed by atoms with Crippen molar-refractivity contribution in [1.29, 1.82) is 0 Å². The normalized spacial score (nSPS) is 17.1. The summed E-state index contributed by atoms with van der Waals surface area (Å²) in [6.07, 6.45) is 0.618. The molecule has 2 aromatic rings. The highest BCUT2D eigenvalue weighted by atomic mass is 16.6. The van der Waals surface area contributed by atoms with Crippen molar-refractivity contribution < 1.29 is 28.5 Å². The molecular formula is C28H36N2O7. The zero-order valence-corrected chi connectivity index (χ0v) is 22.4. The molecule has 0 aromatic heterocycles. The standard InChI is InChI=1S/C28H36N2O7/c1-28(2,3)37-27(32)29-20-9-7-17-15-23(33-4)25(34-5)26(35-6)24(17)18-8-10-21(22(31)16-19(18)20)30-11-13-36-14-12-30/h8,10,15-16,20H,7,9,11-14H2,1-6H3,(H,29,32)/t20-/m0/s1. The lowest BCUT2D eigenvalue weighted by Crippen LogP contribution is -2.38. The third-order valence-electron chi connectivity index (χ3n) is 6.56. The lowest BCUT2D eigenvalue weighted by molar-refractivity contribution is 0.0501. The summed E-state index contributed by atoms with van der Waals surface area (Å²) in [5, 5.41) is 3.00. The van der Waals surface area contributed by atoms with E-state index in [2.05, 4.69) is 5.32 Å². The molecule has 9 nitrogen and oxygen atoms in total. The van der Waals surface area contributed by atoms with Gasteiger partial charge in [0.25, 0.3) is 0 Å². The number of aryl methyl sites for hydroxylation is 1. The van der Waals surface area contributed by atoms with E-state index in [-0.39, 0.29) is 5.43 Å². The number of benzene rings is 1. The number of rotatable bonds is 5. The molecule has 2 aliphatic rings. The Bertz CT molecular complexity index is 1220. The highest BCUT2D eigenvalue weighted by Crippen LogP contribution is 2.50. The van der Waals surface area contributed by atoms with Crippen LogP contribution in [0.3, 0.4) is 0 Å². The minimum Gasteiger partial charge on any atom is -0.493 e. The first kappa shape index (κ1) is 26.6. The molecule has 0 bridgehead atoms. The van der Waals surface area contributed by atoms with Crippen LogP contribution < -0.4 is 29.9 Å². The molecule has 37 heavy (non-hydrogen) atoms. The maximum Gasteiger partial charge on any atom is 0.408 e. The number of fused-ring (bicyclic) bond motifs is 3. The van der Waals surface area contributed by atoms with Crippen molar-refractivity contribution in [3.8, 4) is 28.4 Å². The van der Waals surface area contributed by atoms with E-state index in [4.69, 9.17) is 23.7 Å². The fourth-order valence-corrected chi connectivity index (χ4v) is 4.97.